The van der Waals surface area contributed by atoms with Crippen LogP contribution in [0.4, 0.5) is 0 Å². The minimum atomic E-state index is -1.65. The first-order valence-electron chi connectivity index (χ1n) is 10.8. The predicted molar refractivity (Wildman–Crippen MR) is 139 cm³/mol. The summed E-state index contributed by atoms with van der Waals surface area (Å²) < 4.78 is 1.55. The van der Waals surface area contributed by atoms with Crippen LogP contribution in [0.3, 0.4) is 0 Å². The van der Waals surface area contributed by atoms with Gasteiger partial charge in [-0.1, -0.05) is 70.2 Å². The summed E-state index contributed by atoms with van der Waals surface area (Å²) in [4.78, 5) is 8.93. The molecule has 1 unspecified atom stereocenters. The summed E-state index contributed by atoms with van der Waals surface area (Å²) in [5, 5.41) is 26.5. The fourth-order valence-corrected chi connectivity index (χ4v) is 4.93. The van der Waals surface area contributed by atoms with Crippen LogP contribution in [0.5, 0.6) is 0 Å². The molecule has 0 spiro atoms. The molecule has 1 N–H and O–H groups in total. The second kappa shape index (κ2) is 8.80. The third-order valence-corrected chi connectivity index (χ3v) is 6.90. The fraction of sp³-hybridized carbons (Fsp3) is 0.0385. The standard InChI is InChI=1S/C26H15Cl3N6O/c27-18-7-4-16(5-8-18)26(36,21-14-30-11-10-22(21)29)17-6-9-23-20(13-17)24(15-2-1-3-19(28)12-15)31-25-32-33-34-35(23)25/h1-14,36H. The second-order valence-corrected chi connectivity index (χ2v) is 9.45. The highest BCUT2D eigenvalue weighted by Crippen LogP contribution is 2.42. The van der Waals surface area contributed by atoms with Crippen LogP contribution < -0.4 is 0 Å². The molecule has 0 saturated heterocycles. The first-order valence-corrected chi connectivity index (χ1v) is 12.0. The summed E-state index contributed by atoms with van der Waals surface area (Å²) in [6.45, 7) is 0. The monoisotopic (exact) mass is 532 g/mol. The lowest BCUT2D eigenvalue weighted by Crippen LogP contribution is -2.29. The van der Waals surface area contributed by atoms with E-state index in [1.165, 1.54) is 0 Å². The number of halogens is 3. The first-order chi connectivity index (χ1) is 17.4. The molecule has 3 heterocycles. The summed E-state index contributed by atoms with van der Waals surface area (Å²) in [5.74, 6) is 0.341. The largest absolute Gasteiger partial charge is 0.376 e. The smallest absolute Gasteiger partial charge is 0.274 e. The fourth-order valence-electron chi connectivity index (χ4n) is 4.37. The van der Waals surface area contributed by atoms with Crippen molar-refractivity contribution in [2.45, 2.75) is 5.60 Å². The molecule has 6 aromatic rings. The van der Waals surface area contributed by atoms with E-state index in [0.717, 1.165) is 5.56 Å². The van der Waals surface area contributed by atoms with E-state index in [1.54, 1.807) is 53.3 Å². The van der Waals surface area contributed by atoms with Crippen LogP contribution in [0, 0.1) is 0 Å². The number of rotatable bonds is 4. The van der Waals surface area contributed by atoms with Crippen LogP contribution in [0.25, 0.3) is 27.9 Å². The topological polar surface area (TPSA) is 89.1 Å². The van der Waals surface area contributed by atoms with Gasteiger partial charge in [-0.15, -0.1) is 0 Å². The molecule has 0 aliphatic rings. The van der Waals surface area contributed by atoms with Crippen LogP contribution in [0.15, 0.2) is 85.2 Å². The van der Waals surface area contributed by atoms with E-state index < -0.39 is 5.60 Å². The van der Waals surface area contributed by atoms with Gasteiger partial charge in [-0.2, -0.15) is 4.52 Å². The van der Waals surface area contributed by atoms with Crippen LogP contribution in [-0.2, 0) is 5.60 Å². The molecular weight excluding hydrogens is 519 g/mol. The van der Waals surface area contributed by atoms with Crippen molar-refractivity contribution >= 4 is 51.5 Å². The Morgan fingerprint density at radius 1 is 0.833 bits per heavy atom. The molecular formula is C26H15Cl3N6O. The van der Waals surface area contributed by atoms with Gasteiger partial charge in [-0.3, -0.25) is 4.98 Å². The number of pyridine rings is 1. The molecule has 0 fully saturated rings. The number of nitrogens with zero attached hydrogens (tertiary/aromatic N) is 6. The van der Waals surface area contributed by atoms with Crippen LogP contribution in [0.2, 0.25) is 15.1 Å². The highest BCUT2D eigenvalue weighted by molar-refractivity contribution is 6.31. The van der Waals surface area contributed by atoms with Gasteiger partial charge in [-0.05, 0) is 64.0 Å². The van der Waals surface area contributed by atoms with E-state index in [-0.39, 0.29) is 0 Å². The zero-order valence-corrected chi connectivity index (χ0v) is 20.6. The average molecular weight is 534 g/mol. The predicted octanol–water partition coefficient (Wildman–Crippen LogP) is 5.98. The van der Waals surface area contributed by atoms with Crippen molar-refractivity contribution in [3.8, 4) is 11.3 Å². The normalized spacial score (nSPS) is 13.2. The zero-order chi connectivity index (χ0) is 24.9. The number of tetrazole rings is 1. The third kappa shape index (κ3) is 3.68. The maximum atomic E-state index is 12.4. The van der Waals surface area contributed by atoms with Crippen molar-refractivity contribution in [3.63, 3.8) is 0 Å². The molecule has 0 amide bonds. The Kier molecular flexibility index (Phi) is 5.58. The van der Waals surface area contributed by atoms with E-state index in [1.807, 2.05) is 36.4 Å². The first kappa shape index (κ1) is 22.8. The molecule has 1 atom stereocenters. The van der Waals surface area contributed by atoms with E-state index in [2.05, 4.69) is 20.5 Å². The summed E-state index contributed by atoms with van der Waals surface area (Å²) in [6.07, 6.45) is 3.13. The molecule has 176 valence electrons. The number of hydrogen-bond acceptors (Lipinski definition) is 6. The van der Waals surface area contributed by atoms with Crippen molar-refractivity contribution in [2.75, 3.05) is 0 Å². The van der Waals surface area contributed by atoms with E-state index in [9.17, 15) is 5.11 Å². The summed E-state index contributed by atoms with van der Waals surface area (Å²) in [5.41, 5.74) is 2.00. The van der Waals surface area contributed by atoms with Gasteiger partial charge < -0.3 is 5.11 Å². The van der Waals surface area contributed by atoms with Gasteiger partial charge in [0, 0.05) is 39.0 Å². The van der Waals surface area contributed by atoms with Gasteiger partial charge >= 0.3 is 0 Å². The second-order valence-electron chi connectivity index (χ2n) is 8.17. The third-order valence-electron chi connectivity index (χ3n) is 6.08. The van der Waals surface area contributed by atoms with Crippen molar-refractivity contribution < 1.29 is 5.11 Å². The maximum Gasteiger partial charge on any atom is 0.274 e. The molecule has 6 rings (SSSR count). The highest BCUT2D eigenvalue weighted by Gasteiger charge is 2.36. The Labute approximate surface area is 219 Å². The van der Waals surface area contributed by atoms with Gasteiger partial charge in [0.15, 0.2) is 0 Å². The van der Waals surface area contributed by atoms with Gasteiger partial charge in [0.25, 0.3) is 5.78 Å². The SMILES string of the molecule is OC(c1ccc(Cl)cc1)(c1ccc2c(c1)c(-c1cccc(Cl)c1)nc1nnnn12)c1cnccc1Cl. The van der Waals surface area contributed by atoms with E-state index >= 15 is 0 Å². The van der Waals surface area contributed by atoms with Crippen molar-refractivity contribution in [3.05, 3.63) is 117 Å². The average Bonchev–Trinajstić information content (AvgIpc) is 3.37. The summed E-state index contributed by atoms with van der Waals surface area (Å²) >= 11 is 19.0. The molecule has 10 heteroatoms. The van der Waals surface area contributed by atoms with Crippen molar-refractivity contribution in [1.29, 1.82) is 0 Å². The van der Waals surface area contributed by atoms with Crippen molar-refractivity contribution in [2.24, 2.45) is 0 Å². The van der Waals surface area contributed by atoms with Gasteiger partial charge in [-0.25, -0.2) is 4.98 Å². The molecule has 0 radical (unpaired) electrons. The Morgan fingerprint density at radius 3 is 2.42 bits per heavy atom. The number of aliphatic hydroxyl groups is 1. The molecule has 7 nitrogen and oxygen atoms in total. The van der Waals surface area contributed by atoms with E-state index in [0.29, 0.717) is 54.1 Å². The van der Waals surface area contributed by atoms with Crippen LogP contribution in [-0.4, -0.2) is 35.1 Å². The van der Waals surface area contributed by atoms with Gasteiger partial charge in [0.05, 0.1) is 16.2 Å². The summed E-state index contributed by atoms with van der Waals surface area (Å²) in [7, 11) is 0. The number of fused-ring (bicyclic) bond motifs is 3. The minimum Gasteiger partial charge on any atom is -0.376 e. The van der Waals surface area contributed by atoms with Gasteiger partial charge in [0.1, 0.15) is 5.60 Å². The quantitative estimate of drug-likeness (QED) is 0.300. The number of hydrogen-bond donors (Lipinski definition) is 1. The maximum absolute atomic E-state index is 12.4. The highest BCUT2D eigenvalue weighted by atomic mass is 35.5. The lowest BCUT2D eigenvalue weighted by Gasteiger charge is -2.31. The van der Waals surface area contributed by atoms with E-state index in [4.69, 9.17) is 39.8 Å². The molecule has 0 saturated carbocycles. The summed E-state index contributed by atoms with van der Waals surface area (Å²) in [6, 6.07) is 21.5. The molecule has 0 aliphatic carbocycles. The zero-order valence-electron chi connectivity index (χ0n) is 18.3. The van der Waals surface area contributed by atoms with Gasteiger partial charge in [0.2, 0.25) is 0 Å². The Hall–Kier alpha value is -3.62. The molecule has 3 aromatic heterocycles. The van der Waals surface area contributed by atoms with Crippen molar-refractivity contribution in [1.82, 2.24) is 30.0 Å². The Morgan fingerprint density at radius 2 is 1.64 bits per heavy atom. The Bertz CT molecular complexity index is 1760. The molecule has 36 heavy (non-hydrogen) atoms. The molecule has 0 bridgehead atoms. The number of benzene rings is 3. The van der Waals surface area contributed by atoms with Crippen LogP contribution >= 0.6 is 34.8 Å². The number of aromatic nitrogens is 6. The molecule has 3 aromatic carbocycles. The molecule has 0 aliphatic heterocycles. The Balaban J connectivity index is 1.69. The van der Waals surface area contributed by atoms with Crippen LogP contribution in [0.1, 0.15) is 16.7 Å². The lowest BCUT2D eigenvalue weighted by atomic mass is 9.80. The minimum absolute atomic E-state index is 0.341. The lowest BCUT2D eigenvalue weighted by molar-refractivity contribution is 0.125.